The molecule has 4 nitrogen and oxygen atoms in total. The fourth-order valence-corrected chi connectivity index (χ4v) is 3.46. The van der Waals surface area contributed by atoms with E-state index in [0.717, 1.165) is 37.9 Å². The predicted octanol–water partition coefficient (Wildman–Crippen LogP) is 1.92. The van der Waals surface area contributed by atoms with Gasteiger partial charge in [-0.05, 0) is 43.4 Å². The largest absolute Gasteiger partial charge is 0.392 e. The topological polar surface area (TPSA) is 61.9 Å². The normalized spacial score (nSPS) is 28.7. The molecule has 120 valence electrons. The molecule has 1 aliphatic heterocycles. The van der Waals surface area contributed by atoms with Crippen molar-refractivity contribution in [2.45, 2.75) is 38.2 Å². The fraction of sp³-hybridized carbons (Fsp3) is 0.588. The lowest BCUT2D eigenvalue weighted by atomic mass is 9.78. The number of aliphatic hydroxyl groups excluding tert-OH is 1. The Morgan fingerprint density at radius 1 is 1.32 bits per heavy atom. The monoisotopic (exact) mass is 305 g/mol. The molecule has 3 N–H and O–H groups in total. The first kappa shape index (κ1) is 15.3. The van der Waals surface area contributed by atoms with Gasteiger partial charge >= 0.3 is 0 Å². The quantitative estimate of drug-likeness (QED) is 0.660. The Balaban J connectivity index is 1.74. The van der Waals surface area contributed by atoms with Gasteiger partial charge in [-0.25, -0.2) is 4.39 Å². The van der Waals surface area contributed by atoms with Gasteiger partial charge in [0.2, 0.25) is 0 Å². The number of hydrogen-bond acceptors (Lipinski definition) is 2. The van der Waals surface area contributed by atoms with E-state index in [-0.39, 0.29) is 17.3 Å². The van der Waals surface area contributed by atoms with Gasteiger partial charge in [0.05, 0.1) is 12.6 Å². The van der Waals surface area contributed by atoms with Crippen molar-refractivity contribution in [1.29, 1.82) is 0 Å². The molecular formula is C17H24FN3O. The van der Waals surface area contributed by atoms with Crippen molar-refractivity contribution in [2.75, 3.05) is 19.6 Å². The van der Waals surface area contributed by atoms with Crippen molar-refractivity contribution < 1.29 is 9.50 Å². The SMILES string of the molecule is NC(=NCC1(Cc2ccc(F)cc2)CCCC1O)N1CCC1. The average Bonchev–Trinajstić information content (AvgIpc) is 2.79. The minimum absolute atomic E-state index is 0.232. The van der Waals surface area contributed by atoms with Gasteiger partial charge in [-0.15, -0.1) is 0 Å². The molecule has 2 fully saturated rings. The Morgan fingerprint density at radius 2 is 2.05 bits per heavy atom. The van der Waals surface area contributed by atoms with E-state index in [0.29, 0.717) is 18.9 Å². The molecule has 0 amide bonds. The van der Waals surface area contributed by atoms with Crippen LogP contribution in [0, 0.1) is 11.2 Å². The highest BCUT2D eigenvalue weighted by atomic mass is 19.1. The number of aliphatic imine (C=N–C) groups is 1. The number of rotatable bonds is 4. The first-order valence-electron chi connectivity index (χ1n) is 8.06. The molecule has 2 aliphatic rings. The zero-order valence-electron chi connectivity index (χ0n) is 12.8. The molecule has 1 saturated heterocycles. The van der Waals surface area contributed by atoms with Crippen LogP contribution >= 0.6 is 0 Å². The molecule has 0 bridgehead atoms. The summed E-state index contributed by atoms with van der Waals surface area (Å²) in [4.78, 5) is 6.61. The van der Waals surface area contributed by atoms with Crippen LogP contribution in [0.25, 0.3) is 0 Å². The van der Waals surface area contributed by atoms with Crippen LogP contribution in [0.5, 0.6) is 0 Å². The van der Waals surface area contributed by atoms with Gasteiger partial charge in [0, 0.05) is 18.5 Å². The maximum absolute atomic E-state index is 13.1. The van der Waals surface area contributed by atoms with E-state index in [1.54, 1.807) is 12.1 Å². The van der Waals surface area contributed by atoms with Crippen molar-refractivity contribution in [3.63, 3.8) is 0 Å². The number of hydrogen-bond donors (Lipinski definition) is 2. The molecule has 2 atom stereocenters. The highest BCUT2D eigenvalue weighted by Gasteiger charge is 2.42. The standard InChI is InChI=1S/C17H24FN3O/c18-14-6-4-13(5-7-14)11-17(8-1-3-15(17)22)12-20-16(19)21-9-2-10-21/h4-7,15,22H,1-3,8-12H2,(H2,19,20). The van der Waals surface area contributed by atoms with Gasteiger partial charge in [-0.3, -0.25) is 4.99 Å². The van der Waals surface area contributed by atoms with Crippen LogP contribution in [0.3, 0.4) is 0 Å². The molecule has 3 rings (SSSR count). The van der Waals surface area contributed by atoms with E-state index < -0.39 is 0 Å². The summed E-state index contributed by atoms with van der Waals surface area (Å²) >= 11 is 0. The van der Waals surface area contributed by atoms with E-state index in [9.17, 15) is 9.50 Å². The van der Waals surface area contributed by atoms with E-state index in [4.69, 9.17) is 5.73 Å². The van der Waals surface area contributed by atoms with Crippen LogP contribution in [0.4, 0.5) is 4.39 Å². The summed E-state index contributed by atoms with van der Waals surface area (Å²) in [6.45, 7) is 2.49. The number of nitrogens with two attached hydrogens (primary N) is 1. The van der Waals surface area contributed by atoms with Crippen molar-refractivity contribution in [3.05, 3.63) is 35.6 Å². The molecule has 1 aliphatic carbocycles. The molecule has 1 saturated carbocycles. The van der Waals surface area contributed by atoms with Crippen LogP contribution in [0.1, 0.15) is 31.2 Å². The number of guanidine groups is 1. The number of nitrogens with zero attached hydrogens (tertiary/aromatic N) is 2. The number of benzene rings is 1. The van der Waals surface area contributed by atoms with Gasteiger partial charge in [0.15, 0.2) is 5.96 Å². The highest BCUT2D eigenvalue weighted by molar-refractivity contribution is 5.78. The molecule has 1 aromatic carbocycles. The summed E-state index contributed by atoms with van der Waals surface area (Å²) in [5, 5.41) is 10.5. The molecule has 5 heteroatoms. The van der Waals surface area contributed by atoms with Crippen LogP contribution in [0.15, 0.2) is 29.3 Å². The molecule has 1 heterocycles. The second-order valence-corrected chi connectivity index (χ2v) is 6.59. The molecule has 1 aromatic rings. The third-order valence-electron chi connectivity index (χ3n) is 5.06. The third-order valence-corrected chi connectivity index (χ3v) is 5.06. The Hall–Kier alpha value is -1.62. The van der Waals surface area contributed by atoms with Crippen molar-refractivity contribution in [2.24, 2.45) is 16.1 Å². The van der Waals surface area contributed by atoms with Gasteiger partial charge in [0.25, 0.3) is 0 Å². The summed E-state index contributed by atoms with van der Waals surface area (Å²) in [7, 11) is 0. The number of halogens is 1. The van der Waals surface area contributed by atoms with E-state index >= 15 is 0 Å². The Bertz CT molecular complexity index is 541. The minimum atomic E-state index is -0.370. The molecule has 0 spiro atoms. The lowest BCUT2D eigenvalue weighted by molar-refractivity contribution is 0.0589. The van der Waals surface area contributed by atoms with Crippen molar-refractivity contribution in [1.82, 2.24) is 4.90 Å². The van der Waals surface area contributed by atoms with Crippen LogP contribution in [0.2, 0.25) is 0 Å². The summed E-state index contributed by atoms with van der Waals surface area (Å²) in [6, 6.07) is 6.54. The van der Waals surface area contributed by atoms with Gasteiger partial charge in [-0.1, -0.05) is 18.6 Å². The van der Waals surface area contributed by atoms with Gasteiger partial charge in [0.1, 0.15) is 5.82 Å². The predicted molar refractivity (Wildman–Crippen MR) is 85.1 cm³/mol. The molecular weight excluding hydrogens is 281 g/mol. The maximum atomic E-state index is 13.1. The fourth-order valence-electron chi connectivity index (χ4n) is 3.46. The van der Waals surface area contributed by atoms with Crippen LogP contribution < -0.4 is 5.73 Å². The minimum Gasteiger partial charge on any atom is -0.392 e. The number of aliphatic hydroxyl groups is 1. The molecule has 0 radical (unpaired) electrons. The molecule has 0 aromatic heterocycles. The lowest BCUT2D eigenvalue weighted by Gasteiger charge is -2.34. The summed E-state index contributed by atoms with van der Waals surface area (Å²) in [6.07, 6.45) is 4.25. The summed E-state index contributed by atoms with van der Waals surface area (Å²) in [5.74, 6) is 0.355. The first-order chi connectivity index (χ1) is 10.6. The smallest absolute Gasteiger partial charge is 0.191 e. The summed E-state index contributed by atoms with van der Waals surface area (Å²) in [5.41, 5.74) is 6.79. The van der Waals surface area contributed by atoms with Gasteiger partial charge < -0.3 is 15.7 Å². The average molecular weight is 305 g/mol. The second kappa shape index (κ2) is 6.24. The zero-order valence-corrected chi connectivity index (χ0v) is 12.8. The Labute approximate surface area is 130 Å². The van der Waals surface area contributed by atoms with E-state index in [1.165, 1.54) is 18.6 Å². The highest BCUT2D eigenvalue weighted by Crippen LogP contribution is 2.41. The summed E-state index contributed by atoms with van der Waals surface area (Å²) < 4.78 is 13.1. The zero-order chi connectivity index (χ0) is 15.6. The van der Waals surface area contributed by atoms with E-state index in [2.05, 4.69) is 9.89 Å². The first-order valence-corrected chi connectivity index (χ1v) is 8.06. The second-order valence-electron chi connectivity index (χ2n) is 6.59. The van der Waals surface area contributed by atoms with Crippen LogP contribution in [-0.2, 0) is 6.42 Å². The van der Waals surface area contributed by atoms with Crippen molar-refractivity contribution >= 4 is 5.96 Å². The Morgan fingerprint density at radius 3 is 2.59 bits per heavy atom. The molecule has 2 unspecified atom stereocenters. The van der Waals surface area contributed by atoms with Crippen molar-refractivity contribution in [3.8, 4) is 0 Å². The lowest BCUT2D eigenvalue weighted by Crippen LogP contribution is -2.47. The maximum Gasteiger partial charge on any atom is 0.191 e. The Kier molecular flexibility index (Phi) is 4.34. The molecule has 22 heavy (non-hydrogen) atoms. The number of likely N-dealkylation sites (tertiary alicyclic amines) is 1. The van der Waals surface area contributed by atoms with Gasteiger partial charge in [-0.2, -0.15) is 0 Å². The van der Waals surface area contributed by atoms with E-state index in [1.807, 2.05) is 0 Å². The van der Waals surface area contributed by atoms with Crippen LogP contribution in [-0.4, -0.2) is 41.7 Å². The third kappa shape index (κ3) is 3.09.